The summed E-state index contributed by atoms with van der Waals surface area (Å²) in [5.74, 6) is 0. The van der Waals surface area contributed by atoms with Crippen LogP contribution in [0.1, 0.15) is 0 Å². The molecule has 1 nitrogen and oxygen atoms in total. The van der Waals surface area contributed by atoms with Crippen LogP contribution in [0.25, 0.3) is 38.8 Å². The van der Waals surface area contributed by atoms with Crippen LogP contribution < -0.4 is 0 Å². The summed E-state index contributed by atoms with van der Waals surface area (Å²) in [6.45, 7) is 0. The average Bonchev–Trinajstić information content (AvgIpc) is 3.18. The van der Waals surface area contributed by atoms with Crippen molar-refractivity contribution in [2.24, 2.45) is 0 Å². The fraction of sp³-hybridized carbons (Fsp3) is 0. The maximum Gasteiger partial charge on any atom is 0.0528 e. The number of hydrogen-bond donors (Lipinski definition) is 0. The third kappa shape index (κ3) is 3.17. The van der Waals surface area contributed by atoms with Gasteiger partial charge in [-0.15, -0.1) is 0 Å². The molecule has 0 atom stereocenters. The molecule has 134 valence electrons. The van der Waals surface area contributed by atoms with Crippen LogP contribution in [0.4, 0.5) is 0 Å². The van der Waals surface area contributed by atoms with Gasteiger partial charge in [0.2, 0.25) is 0 Å². The van der Waals surface area contributed by atoms with Crippen LogP contribution in [0.5, 0.6) is 0 Å². The molecule has 0 aliphatic rings. The predicted molar refractivity (Wildman–Crippen MR) is 122 cm³/mol. The first-order valence-corrected chi connectivity index (χ1v) is 10.1. The average molecular weight is 424 g/mol. The molecule has 5 rings (SSSR count). The molecule has 0 spiro atoms. The van der Waals surface area contributed by atoms with Crippen molar-refractivity contribution >= 4 is 26.8 Å². The molecule has 0 bridgehead atoms. The van der Waals surface area contributed by atoms with Gasteiger partial charge in [-0.2, -0.15) is 0 Å². The van der Waals surface area contributed by atoms with Gasteiger partial charge in [-0.1, -0.05) is 76.6 Å². The molecule has 2 heteroatoms. The lowest BCUT2D eigenvalue weighted by molar-refractivity contribution is 1.13. The van der Waals surface area contributed by atoms with Crippen molar-refractivity contribution in [2.75, 3.05) is 0 Å². The SMILES string of the molecule is Brc1ccc(-c2ccc(-n3ccc4cc(-c5ccccc5)ccc43)cc2)cc1. The van der Waals surface area contributed by atoms with Gasteiger partial charge in [-0.25, -0.2) is 0 Å². The Morgan fingerprint density at radius 1 is 0.536 bits per heavy atom. The van der Waals surface area contributed by atoms with Gasteiger partial charge in [-0.05, 0) is 64.7 Å². The van der Waals surface area contributed by atoms with Gasteiger partial charge in [0.05, 0.1) is 5.52 Å². The van der Waals surface area contributed by atoms with E-state index >= 15 is 0 Å². The van der Waals surface area contributed by atoms with E-state index in [1.54, 1.807) is 0 Å². The molecule has 0 N–H and O–H groups in total. The molecule has 0 saturated heterocycles. The third-order valence-corrected chi connectivity index (χ3v) is 5.65. The Balaban J connectivity index is 1.50. The summed E-state index contributed by atoms with van der Waals surface area (Å²) in [4.78, 5) is 0. The van der Waals surface area contributed by atoms with Crippen molar-refractivity contribution in [1.82, 2.24) is 4.57 Å². The van der Waals surface area contributed by atoms with Crippen molar-refractivity contribution in [3.8, 4) is 27.9 Å². The monoisotopic (exact) mass is 423 g/mol. The zero-order valence-corrected chi connectivity index (χ0v) is 16.8. The van der Waals surface area contributed by atoms with E-state index in [4.69, 9.17) is 0 Å². The van der Waals surface area contributed by atoms with Crippen molar-refractivity contribution in [3.63, 3.8) is 0 Å². The molecule has 0 fully saturated rings. The summed E-state index contributed by atoms with van der Waals surface area (Å²) in [6, 6.07) is 36.5. The second kappa shape index (κ2) is 7.14. The van der Waals surface area contributed by atoms with Crippen LogP contribution in [-0.4, -0.2) is 4.57 Å². The first-order chi connectivity index (χ1) is 13.8. The highest BCUT2D eigenvalue weighted by molar-refractivity contribution is 9.10. The van der Waals surface area contributed by atoms with E-state index in [1.807, 2.05) is 0 Å². The van der Waals surface area contributed by atoms with Gasteiger partial charge >= 0.3 is 0 Å². The number of benzene rings is 4. The van der Waals surface area contributed by atoms with Gasteiger partial charge in [0.1, 0.15) is 0 Å². The highest BCUT2D eigenvalue weighted by atomic mass is 79.9. The summed E-state index contributed by atoms with van der Waals surface area (Å²) >= 11 is 3.50. The number of fused-ring (bicyclic) bond motifs is 1. The molecule has 0 saturated carbocycles. The second-order valence-electron chi connectivity index (χ2n) is 6.88. The first kappa shape index (κ1) is 17.0. The Morgan fingerprint density at radius 3 is 1.86 bits per heavy atom. The Morgan fingerprint density at radius 2 is 1.14 bits per heavy atom. The van der Waals surface area contributed by atoms with Gasteiger partial charge in [0.25, 0.3) is 0 Å². The van der Waals surface area contributed by atoms with E-state index in [2.05, 4.69) is 130 Å². The number of nitrogens with zero attached hydrogens (tertiary/aromatic N) is 1. The minimum absolute atomic E-state index is 1.10. The number of aromatic nitrogens is 1. The lowest BCUT2D eigenvalue weighted by Gasteiger charge is -2.09. The van der Waals surface area contributed by atoms with E-state index in [1.165, 1.54) is 38.8 Å². The minimum Gasteiger partial charge on any atom is -0.317 e. The lowest BCUT2D eigenvalue weighted by Crippen LogP contribution is -1.91. The van der Waals surface area contributed by atoms with Crippen LogP contribution in [-0.2, 0) is 0 Å². The van der Waals surface area contributed by atoms with Crippen molar-refractivity contribution in [3.05, 3.63) is 114 Å². The fourth-order valence-electron chi connectivity index (χ4n) is 3.63. The molecule has 1 heterocycles. The Bertz CT molecular complexity index is 1230. The largest absolute Gasteiger partial charge is 0.317 e. The Labute approximate surface area is 173 Å². The molecular formula is C26H18BrN. The van der Waals surface area contributed by atoms with Crippen LogP contribution in [0.15, 0.2) is 114 Å². The maximum atomic E-state index is 3.50. The Hall–Kier alpha value is -3.10. The van der Waals surface area contributed by atoms with Gasteiger partial charge in [0, 0.05) is 21.7 Å². The number of rotatable bonds is 3. The highest BCUT2D eigenvalue weighted by Crippen LogP contribution is 2.28. The second-order valence-corrected chi connectivity index (χ2v) is 7.79. The van der Waals surface area contributed by atoms with Gasteiger partial charge < -0.3 is 4.57 Å². The van der Waals surface area contributed by atoms with E-state index in [0.29, 0.717) is 0 Å². The topological polar surface area (TPSA) is 4.93 Å². The molecule has 0 aliphatic heterocycles. The zero-order chi connectivity index (χ0) is 18.9. The summed E-state index contributed by atoms with van der Waals surface area (Å²) in [5.41, 5.74) is 7.32. The zero-order valence-electron chi connectivity index (χ0n) is 15.2. The fourth-order valence-corrected chi connectivity index (χ4v) is 3.90. The van der Waals surface area contributed by atoms with E-state index in [9.17, 15) is 0 Å². The van der Waals surface area contributed by atoms with Gasteiger partial charge in [0.15, 0.2) is 0 Å². The molecule has 28 heavy (non-hydrogen) atoms. The van der Waals surface area contributed by atoms with Crippen molar-refractivity contribution in [2.45, 2.75) is 0 Å². The molecule has 4 aromatic carbocycles. The third-order valence-electron chi connectivity index (χ3n) is 5.12. The molecule has 0 amide bonds. The summed E-state index contributed by atoms with van der Waals surface area (Å²) < 4.78 is 3.34. The van der Waals surface area contributed by atoms with Crippen molar-refractivity contribution < 1.29 is 0 Å². The summed E-state index contributed by atoms with van der Waals surface area (Å²) in [5, 5.41) is 1.25. The molecule has 1 aromatic heterocycles. The Kier molecular flexibility index (Phi) is 4.34. The standard InChI is InChI=1S/C26H18BrN/c27-24-11-6-20(7-12-24)21-8-13-25(14-9-21)28-17-16-23-18-22(10-15-26(23)28)19-4-2-1-3-5-19/h1-18H. The molecular weight excluding hydrogens is 406 g/mol. The van der Waals surface area contributed by atoms with Crippen molar-refractivity contribution in [1.29, 1.82) is 0 Å². The van der Waals surface area contributed by atoms with Crippen LogP contribution in [0.2, 0.25) is 0 Å². The first-order valence-electron chi connectivity index (χ1n) is 9.31. The predicted octanol–water partition coefficient (Wildman–Crippen LogP) is 7.73. The van der Waals surface area contributed by atoms with Crippen LogP contribution in [0.3, 0.4) is 0 Å². The van der Waals surface area contributed by atoms with E-state index in [0.717, 1.165) is 4.47 Å². The smallest absolute Gasteiger partial charge is 0.0528 e. The van der Waals surface area contributed by atoms with E-state index in [-0.39, 0.29) is 0 Å². The highest BCUT2D eigenvalue weighted by Gasteiger charge is 2.06. The lowest BCUT2D eigenvalue weighted by atomic mass is 10.0. The molecule has 0 radical (unpaired) electrons. The summed E-state index contributed by atoms with van der Waals surface area (Å²) in [6.07, 6.45) is 2.15. The van der Waals surface area contributed by atoms with Crippen LogP contribution in [0, 0.1) is 0 Å². The number of halogens is 1. The van der Waals surface area contributed by atoms with Crippen LogP contribution >= 0.6 is 15.9 Å². The van der Waals surface area contributed by atoms with E-state index < -0.39 is 0 Å². The number of hydrogen-bond acceptors (Lipinski definition) is 0. The summed E-state index contributed by atoms with van der Waals surface area (Å²) in [7, 11) is 0. The normalized spacial score (nSPS) is 11.0. The quantitative estimate of drug-likeness (QED) is 0.279. The molecule has 5 aromatic rings. The molecule has 0 aliphatic carbocycles. The minimum atomic E-state index is 1.10. The maximum absolute atomic E-state index is 3.50. The molecule has 0 unspecified atom stereocenters. The van der Waals surface area contributed by atoms with Gasteiger partial charge in [-0.3, -0.25) is 0 Å².